The maximum atomic E-state index is 12.9. The van der Waals surface area contributed by atoms with Crippen molar-refractivity contribution in [2.75, 3.05) is 32.8 Å². The lowest BCUT2D eigenvalue weighted by atomic mass is 9.98. The summed E-state index contributed by atoms with van der Waals surface area (Å²) in [5.41, 5.74) is -1.03. The van der Waals surface area contributed by atoms with Crippen LogP contribution in [-0.4, -0.2) is 62.3 Å². The average Bonchev–Trinajstić information content (AvgIpc) is 3.12. The second-order valence-corrected chi connectivity index (χ2v) is 9.29. The van der Waals surface area contributed by atoms with Crippen molar-refractivity contribution in [3.8, 4) is 0 Å². The van der Waals surface area contributed by atoms with Crippen molar-refractivity contribution in [3.63, 3.8) is 0 Å². The number of carbonyl (C=O) groups excluding carboxylic acids is 2. The van der Waals surface area contributed by atoms with Gasteiger partial charge in [0, 0.05) is 26.1 Å². The van der Waals surface area contributed by atoms with E-state index in [9.17, 15) is 31.2 Å². The summed E-state index contributed by atoms with van der Waals surface area (Å²) in [6.45, 7) is 1.12. The van der Waals surface area contributed by atoms with E-state index in [4.69, 9.17) is 4.74 Å². The molecule has 0 unspecified atom stereocenters. The van der Waals surface area contributed by atoms with E-state index in [1.54, 1.807) is 4.90 Å². The number of hydrogen-bond acceptors (Lipinski definition) is 5. The lowest BCUT2D eigenvalue weighted by Crippen LogP contribution is -2.41. The number of esters is 1. The van der Waals surface area contributed by atoms with Crippen LogP contribution in [0.1, 0.15) is 31.2 Å². The van der Waals surface area contributed by atoms with Crippen molar-refractivity contribution in [3.05, 3.63) is 29.8 Å². The Labute approximate surface area is 172 Å². The van der Waals surface area contributed by atoms with Gasteiger partial charge in [-0.3, -0.25) is 9.59 Å². The number of benzene rings is 1. The molecule has 1 aromatic rings. The van der Waals surface area contributed by atoms with Gasteiger partial charge in [-0.15, -0.1) is 0 Å². The summed E-state index contributed by atoms with van der Waals surface area (Å²) in [7, 11) is -4.09. The van der Waals surface area contributed by atoms with Crippen molar-refractivity contribution < 1.29 is 35.9 Å². The van der Waals surface area contributed by atoms with E-state index in [2.05, 4.69) is 0 Å². The van der Waals surface area contributed by atoms with Crippen LogP contribution in [0.3, 0.4) is 0 Å². The number of likely N-dealkylation sites (tertiary alicyclic amines) is 1. The van der Waals surface area contributed by atoms with Crippen LogP contribution in [0, 0.1) is 5.92 Å². The molecule has 0 saturated carbocycles. The zero-order valence-electron chi connectivity index (χ0n) is 16.2. The Bertz CT molecular complexity index is 896. The van der Waals surface area contributed by atoms with Crippen LogP contribution in [0.15, 0.2) is 29.2 Å². The molecule has 11 heteroatoms. The van der Waals surface area contributed by atoms with E-state index in [1.807, 2.05) is 0 Å². The summed E-state index contributed by atoms with van der Waals surface area (Å²) in [6, 6.07) is 3.63. The number of hydrogen-bond donors (Lipinski definition) is 0. The molecule has 1 amide bonds. The normalized spacial score (nSPS) is 19.3. The lowest BCUT2D eigenvalue weighted by molar-refractivity contribution is -0.151. The highest BCUT2D eigenvalue weighted by Gasteiger charge is 2.35. The Kier molecular flexibility index (Phi) is 6.71. The fourth-order valence-electron chi connectivity index (χ4n) is 3.63. The van der Waals surface area contributed by atoms with Crippen molar-refractivity contribution >= 4 is 21.9 Å². The molecule has 0 spiro atoms. The summed E-state index contributed by atoms with van der Waals surface area (Å²) >= 11 is 0. The Balaban J connectivity index is 1.53. The van der Waals surface area contributed by atoms with Gasteiger partial charge in [0.25, 0.3) is 0 Å². The number of alkyl halides is 3. The summed E-state index contributed by atoms with van der Waals surface area (Å²) in [6.07, 6.45) is -2.89. The predicted molar refractivity (Wildman–Crippen MR) is 99.7 cm³/mol. The van der Waals surface area contributed by atoms with Crippen molar-refractivity contribution in [1.29, 1.82) is 0 Å². The van der Waals surface area contributed by atoms with E-state index in [0.29, 0.717) is 25.6 Å². The van der Waals surface area contributed by atoms with Crippen molar-refractivity contribution in [1.82, 2.24) is 9.21 Å². The molecular weight excluding hydrogens is 425 g/mol. The Morgan fingerprint density at radius 1 is 1.17 bits per heavy atom. The number of halogens is 3. The fourth-order valence-corrected chi connectivity index (χ4v) is 5.14. The summed E-state index contributed by atoms with van der Waals surface area (Å²) in [4.78, 5) is 25.0. The molecule has 2 fully saturated rings. The third-order valence-electron chi connectivity index (χ3n) is 5.36. The summed E-state index contributed by atoms with van der Waals surface area (Å²) in [5.74, 6) is -0.885. The molecule has 0 atom stereocenters. The van der Waals surface area contributed by atoms with Gasteiger partial charge in [-0.2, -0.15) is 17.5 Å². The number of sulfonamides is 1. The number of ether oxygens (including phenoxy) is 1. The first-order chi connectivity index (χ1) is 14.1. The van der Waals surface area contributed by atoms with Gasteiger partial charge in [0.1, 0.15) is 6.61 Å². The quantitative estimate of drug-likeness (QED) is 0.624. The van der Waals surface area contributed by atoms with Gasteiger partial charge in [0.2, 0.25) is 15.9 Å². The number of nitrogens with zero attached hydrogens (tertiary/aromatic N) is 2. The molecule has 0 aromatic heterocycles. The van der Waals surface area contributed by atoms with Gasteiger partial charge in [-0.25, -0.2) is 8.42 Å². The maximum absolute atomic E-state index is 12.9. The molecule has 0 radical (unpaired) electrons. The molecule has 2 saturated heterocycles. The molecule has 0 aliphatic carbocycles. The van der Waals surface area contributed by atoms with Crippen LogP contribution in [0.4, 0.5) is 13.2 Å². The van der Waals surface area contributed by atoms with Crippen LogP contribution in [0.5, 0.6) is 0 Å². The topological polar surface area (TPSA) is 84.0 Å². The van der Waals surface area contributed by atoms with Crippen molar-refractivity contribution in [2.45, 2.75) is 36.8 Å². The molecule has 1 aromatic carbocycles. The van der Waals surface area contributed by atoms with Crippen molar-refractivity contribution in [2.24, 2.45) is 5.92 Å². The average molecular weight is 448 g/mol. The van der Waals surface area contributed by atoms with Crippen LogP contribution in [0.2, 0.25) is 0 Å². The smallest absolute Gasteiger partial charge is 0.416 e. The van der Waals surface area contributed by atoms with E-state index < -0.39 is 38.5 Å². The zero-order valence-corrected chi connectivity index (χ0v) is 17.0. The van der Waals surface area contributed by atoms with E-state index in [-0.39, 0.29) is 38.4 Å². The molecule has 30 heavy (non-hydrogen) atoms. The minimum absolute atomic E-state index is 0.0168. The summed E-state index contributed by atoms with van der Waals surface area (Å²) < 4.78 is 70.3. The third-order valence-corrected chi connectivity index (χ3v) is 7.26. The van der Waals surface area contributed by atoms with Crippen LogP contribution in [0.25, 0.3) is 0 Å². The van der Waals surface area contributed by atoms with E-state index in [0.717, 1.165) is 28.9 Å². The summed E-state index contributed by atoms with van der Waals surface area (Å²) in [5, 5.41) is 0. The van der Waals surface area contributed by atoms with Gasteiger partial charge in [0.15, 0.2) is 0 Å². The number of amides is 1. The molecule has 7 nitrogen and oxygen atoms in total. The standard InChI is InChI=1S/C19H23F3N2O5S/c20-19(21,22)15-3-1-4-16(13-15)30(27,28)24-9-6-14(7-10-24)18(26)29-12-11-23-8-2-5-17(23)25/h1,3-4,13-14H,2,5-12H2. The lowest BCUT2D eigenvalue weighted by Gasteiger charge is -2.30. The van der Waals surface area contributed by atoms with Crippen LogP contribution < -0.4 is 0 Å². The van der Waals surface area contributed by atoms with E-state index >= 15 is 0 Å². The van der Waals surface area contributed by atoms with E-state index in [1.165, 1.54) is 0 Å². The second kappa shape index (κ2) is 8.93. The molecular formula is C19H23F3N2O5S. The first-order valence-electron chi connectivity index (χ1n) is 9.71. The van der Waals surface area contributed by atoms with Crippen LogP contribution >= 0.6 is 0 Å². The molecule has 3 rings (SSSR count). The SMILES string of the molecule is O=C(OCCN1CCCC1=O)C1CCN(S(=O)(=O)c2cccc(C(F)(F)F)c2)CC1. The third kappa shape index (κ3) is 5.12. The minimum Gasteiger partial charge on any atom is -0.464 e. The fraction of sp³-hybridized carbons (Fsp3) is 0.579. The number of rotatable bonds is 6. The number of piperidine rings is 1. The van der Waals surface area contributed by atoms with Gasteiger partial charge in [-0.05, 0) is 37.5 Å². The monoisotopic (exact) mass is 448 g/mol. The highest BCUT2D eigenvalue weighted by atomic mass is 32.2. The molecule has 166 valence electrons. The first kappa shape index (κ1) is 22.5. The molecule has 0 bridgehead atoms. The predicted octanol–water partition coefficient (Wildman–Crippen LogP) is 2.27. The second-order valence-electron chi connectivity index (χ2n) is 7.36. The van der Waals surface area contributed by atoms with Gasteiger partial charge in [0.05, 0.1) is 22.9 Å². The van der Waals surface area contributed by atoms with Gasteiger partial charge >= 0.3 is 12.1 Å². The van der Waals surface area contributed by atoms with Crippen LogP contribution in [-0.2, 0) is 30.5 Å². The molecule has 2 aliphatic rings. The Hall–Kier alpha value is -2.14. The van der Waals surface area contributed by atoms with Gasteiger partial charge in [-0.1, -0.05) is 6.07 Å². The minimum atomic E-state index is -4.64. The highest BCUT2D eigenvalue weighted by molar-refractivity contribution is 7.89. The van der Waals surface area contributed by atoms with Gasteiger partial charge < -0.3 is 9.64 Å². The first-order valence-corrected chi connectivity index (χ1v) is 11.1. The number of carbonyl (C=O) groups is 2. The molecule has 0 N–H and O–H groups in total. The highest BCUT2D eigenvalue weighted by Crippen LogP contribution is 2.32. The Morgan fingerprint density at radius 3 is 2.47 bits per heavy atom. The Morgan fingerprint density at radius 2 is 1.87 bits per heavy atom. The molecule has 2 heterocycles. The zero-order chi connectivity index (χ0) is 21.9. The largest absolute Gasteiger partial charge is 0.464 e. The molecule has 2 aliphatic heterocycles. The maximum Gasteiger partial charge on any atom is 0.416 e.